The van der Waals surface area contributed by atoms with Gasteiger partial charge in [0.1, 0.15) is 0 Å². The summed E-state index contributed by atoms with van der Waals surface area (Å²) < 4.78 is 0.960. The average Bonchev–Trinajstić information content (AvgIpc) is 3.04. The van der Waals surface area contributed by atoms with Crippen molar-refractivity contribution in [1.82, 2.24) is 10.2 Å². The molecule has 0 aromatic heterocycles. The monoisotopic (exact) mass is 429 g/mol. The molecule has 2 aromatic rings. The van der Waals surface area contributed by atoms with E-state index in [1.54, 1.807) is 4.90 Å². The van der Waals surface area contributed by atoms with Crippen LogP contribution in [-0.4, -0.2) is 43.9 Å². The minimum atomic E-state index is -0.338. The first-order valence-electron chi connectivity index (χ1n) is 9.00. The summed E-state index contributed by atoms with van der Waals surface area (Å²) in [6.45, 7) is 1.11. The predicted molar refractivity (Wildman–Crippen MR) is 110 cm³/mol. The van der Waals surface area contributed by atoms with Gasteiger partial charge < -0.3 is 15.1 Å². The molecule has 5 nitrogen and oxygen atoms in total. The van der Waals surface area contributed by atoms with Gasteiger partial charge in [0.05, 0.1) is 12.0 Å². The van der Waals surface area contributed by atoms with Crippen LogP contribution in [-0.2, 0) is 9.59 Å². The summed E-state index contributed by atoms with van der Waals surface area (Å²) in [5.74, 6) is -0.422. The summed E-state index contributed by atoms with van der Waals surface area (Å²) in [5, 5.41) is 3.14. The number of halogens is 1. The molecule has 0 bridgehead atoms. The van der Waals surface area contributed by atoms with Gasteiger partial charge in [0.25, 0.3) is 0 Å². The van der Waals surface area contributed by atoms with Crippen LogP contribution in [0.2, 0.25) is 0 Å². The van der Waals surface area contributed by atoms with E-state index < -0.39 is 0 Å². The summed E-state index contributed by atoms with van der Waals surface area (Å²) in [5.41, 5.74) is 1.89. The first-order chi connectivity index (χ1) is 12.9. The normalized spacial score (nSPS) is 18.0. The Labute approximate surface area is 168 Å². The van der Waals surface area contributed by atoms with Crippen LogP contribution in [0.5, 0.6) is 0 Å². The zero-order valence-electron chi connectivity index (χ0n) is 15.6. The lowest BCUT2D eigenvalue weighted by molar-refractivity contribution is -0.127. The standard InChI is InChI=1S/C21H24BrN3O2/c1-24(2)14-19(15-6-4-3-5-7-15)23-21(27)16-12-20(26)25(13-16)18-10-8-17(22)9-11-18/h3-11,16,19H,12-14H2,1-2H3,(H,23,27)/t16-,19-/m0/s1. The maximum atomic E-state index is 12.9. The van der Waals surface area contributed by atoms with Crippen LogP contribution in [0.25, 0.3) is 0 Å². The smallest absolute Gasteiger partial charge is 0.227 e. The molecule has 1 saturated heterocycles. The Kier molecular flexibility index (Phi) is 6.29. The van der Waals surface area contributed by atoms with Crippen molar-refractivity contribution in [2.75, 3.05) is 32.1 Å². The number of rotatable bonds is 6. The number of amides is 2. The first kappa shape index (κ1) is 19.6. The Balaban J connectivity index is 1.69. The number of nitrogens with zero attached hydrogens (tertiary/aromatic N) is 2. The highest BCUT2D eigenvalue weighted by Gasteiger charge is 2.36. The molecule has 1 heterocycles. The second-order valence-electron chi connectivity index (χ2n) is 7.12. The number of likely N-dealkylation sites (N-methyl/N-ethyl adjacent to an activating group) is 1. The molecule has 0 aliphatic carbocycles. The van der Waals surface area contributed by atoms with Crippen molar-refractivity contribution in [3.63, 3.8) is 0 Å². The van der Waals surface area contributed by atoms with Crippen molar-refractivity contribution in [2.45, 2.75) is 12.5 Å². The van der Waals surface area contributed by atoms with Crippen LogP contribution in [0.4, 0.5) is 5.69 Å². The molecule has 0 unspecified atom stereocenters. The summed E-state index contributed by atoms with van der Waals surface area (Å²) in [6, 6.07) is 17.4. The Hall–Kier alpha value is -2.18. The minimum absolute atomic E-state index is 0.0126. The number of carbonyl (C=O) groups is 2. The Bertz CT molecular complexity index is 793. The fourth-order valence-corrected chi connectivity index (χ4v) is 3.59. The molecule has 0 radical (unpaired) electrons. The quantitative estimate of drug-likeness (QED) is 0.766. The SMILES string of the molecule is CN(C)C[C@H](NC(=O)[C@H]1CC(=O)N(c2ccc(Br)cc2)C1)c1ccccc1. The Morgan fingerprint density at radius 2 is 1.85 bits per heavy atom. The Morgan fingerprint density at radius 1 is 1.19 bits per heavy atom. The molecule has 1 N–H and O–H groups in total. The van der Waals surface area contributed by atoms with Crippen LogP contribution in [0.3, 0.4) is 0 Å². The van der Waals surface area contributed by atoms with Crippen molar-refractivity contribution in [2.24, 2.45) is 5.92 Å². The van der Waals surface area contributed by atoms with Gasteiger partial charge in [-0.05, 0) is 43.9 Å². The first-order valence-corrected chi connectivity index (χ1v) is 9.79. The molecule has 0 spiro atoms. The molecule has 2 atom stereocenters. The third-order valence-corrected chi connectivity index (χ3v) is 5.23. The fourth-order valence-electron chi connectivity index (χ4n) is 3.33. The van der Waals surface area contributed by atoms with Crippen LogP contribution < -0.4 is 10.2 Å². The van der Waals surface area contributed by atoms with Gasteiger partial charge in [0.15, 0.2) is 0 Å². The molecule has 6 heteroatoms. The highest BCUT2D eigenvalue weighted by atomic mass is 79.9. The van der Waals surface area contributed by atoms with Crippen LogP contribution in [0.1, 0.15) is 18.0 Å². The number of hydrogen-bond acceptors (Lipinski definition) is 3. The van der Waals surface area contributed by atoms with Gasteiger partial charge in [-0.2, -0.15) is 0 Å². The fraction of sp³-hybridized carbons (Fsp3) is 0.333. The second-order valence-corrected chi connectivity index (χ2v) is 8.03. The molecular formula is C21H24BrN3O2. The van der Waals surface area contributed by atoms with E-state index in [1.165, 1.54) is 0 Å². The van der Waals surface area contributed by atoms with E-state index in [0.717, 1.165) is 15.7 Å². The zero-order valence-corrected chi connectivity index (χ0v) is 17.1. The number of hydrogen-bond donors (Lipinski definition) is 1. The molecule has 1 aliphatic heterocycles. The Morgan fingerprint density at radius 3 is 2.48 bits per heavy atom. The minimum Gasteiger partial charge on any atom is -0.348 e. The van der Waals surface area contributed by atoms with Crippen molar-refractivity contribution >= 4 is 33.4 Å². The zero-order chi connectivity index (χ0) is 19.4. The molecule has 2 amide bonds. The summed E-state index contributed by atoms with van der Waals surface area (Å²) in [6.07, 6.45) is 0.241. The molecule has 3 rings (SSSR count). The van der Waals surface area contributed by atoms with Crippen molar-refractivity contribution < 1.29 is 9.59 Å². The molecule has 1 aliphatic rings. The lowest BCUT2D eigenvalue weighted by Gasteiger charge is -2.24. The van der Waals surface area contributed by atoms with Gasteiger partial charge in [-0.25, -0.2) is 0 Å². The summed E-state index contributed by atoms with van der Waals surface area (Å²) >= 11 is 3.40. The van der Waals surface area contributed by atoms with Crippen molar-refractivity contribution in [1.29, 1.82) is 0 Å². The van der Waals surface area contributed by atoms with E-state index in [1.807, 2.05) is 73.6 Å². The van der Waals surface area contributed by atoms with E-state index in [4.69, 9.17) is 0 Å². The van der Waals surface area contributed by atoms with Crippen LogP contribution >= 0.6 is 15.9 Å². The number of carbonyl (C=O) groups excluding carboxylic acids is 2. The van der Waals surface area contributed by atoms with E-state index >= 15 is 0 Å². The van der Waals surface area contributed by atoms with Gasteiger partial charge in [-0.1, -0.05) is 46.3 Å². The van der Waals surface area contributed by atoms with Crippen molar-refractivity contribution in [3.8, 4) is 0 Å². The predicted octanol–water partition coefficient (Wildman–Crippen LogP) is 3.22. The number of benzene rings is 2. The van der Waals surface area contributed by atoms with E-state index in [0.29, 0.717) is 13.1 Å². The average molecular weight is 430 g/mol. The van der Waals surface area contributed by atoms with Gasteiger partial charge in [0, 0.05) is 29.7 Å². The van der Waals surface area contributed by atoms with Gasteiger partial charge in [-0.3, -0.25) is 9.59 Å². The number of nitrogens with one attached hydrogen (secondary N) is 1. The molecule has 142 valence electrons. The molecular weight excluding hydrogens is 406 g/mol. The summed E-state index contributed by atoms with van der Waals surface area (Å²) in [4.78, 5) is 29.0. The molecule has 2 aromatic carbocycles. The van der Waals surface area contributed by atoms with Crippen LogP contribution in [0.15, 0.2) is 59.1 Å². The van der Waals surface area contributed by atoms with E-state index in [-0.39, 0.29) is 30.2 Å². The van der Waals surface area contributed by atoms with E-state index in [2.05, 4.69) is 21.2 Å². The highest BCUT2D eigenvalue weighted by Crippen LogP contribution is 2.27. The molecule has 0 saturated carbocycles. The van der Waals surface area contributed by atoms with Gasteiger partial charge in [-0.15, -0.1) is 0 Å². The topological polar surface area (TPSA) is 52.7 Å². The van der Waals surface area contributed by atoms with E-state index in [9.17, 15) is 9.59 Å². The van der Waals surface area contributed by atoms with Crippen LogP contribution in [0, 0.1) is 5.92 Å². The van der Waals surface area contributed by atoms with Gasteiger partial charge >= 0.3 is 0 Å². The molecule has 27 heavy (non-hydrogen) atoms. The largest absolute Gasteiger partial charge is 0.348 e. The highest BCUT2D eigenvalue weighted by molar-refractivity contribution is 9.10. The summed E-state index contributed by atoms with van der Waals surface area (Å²) in [7, 11) is 3.97. The van der Waals surface area contributed by atoms with Crippen molar-refractivity contribution in [3.05, 3.63) is 64.6 Å². The lowest BCUT2D eigenvalue weighted by atomic mass is 10.0. The maximum absolute atomic E-state index is 12.9. The second kappa shape index (κ2) is 8.67. The third kappa shape index (κ3) is 4.96. The maximum Gasteiger partial charge on any atom is 0.227 e. The van der Waals surface area contributed by atoms with Gasteiger partial charge in [0.2, 0.25) is 11.8 Å². The molecule has 1 fully saturated rings. The number of anilines is 1. The lowest BCUT2D eigenvalue weighted by Crippen LogP contribution is -2.39. The third-order valence-electron chi connectivity index (χ3n) is 4.70.